The van der Waals surface area contributed by atoms with Gasteiger partial charge in [0.25, 0.3) is 15.9 Å². The molecule has 3 aromatic carbocycles. The minimum atomic E-state index is -4.59. The molecule has 3 rings (SSSR count). The molecule has 0 unspecified atom stereocenters. The van der Waals surface area contributed by atoms with Crippen LogP contribution in [0, 0.1) is 13.8 Å². The number of nitrogens with zero attached hydrogens (tertiary/aromatic N) is 1. The van der Waals surface area contributed by atoms with Crippen molar-refractivity contribution in [1.29, 1.82) is 0 Å². The Kier molecular flexibility index (Phi) is 7.21. The number of hydrogen-bond donors (Lipinski definition) is 1. The number of amides is 1. The molecule has 6 nitrogen and oxygen atoms in total. The number of aryl methyl sites for hydroxylation is 2. The minimum Gasteiger partial charge on any atom is -0.484 e. The summed E-state index contributed by atoms with van der Waals surface area (Å²) in [5, 5.41) is 0. The van der Waals surface area contributed by atoms with Gasteiger partial charge in [0.2, 0.25) is 0 Å². The number of anilines is 2. The third-order valence-corrected chi connectivity index (χ3v) is 6.59. The molecule has 180 valence electrons. The van der Waals surface area contributed by atoms with Gasteiger partial charge in [-0.3, -0.25) is 9.52 Å². The zero-order valence-corrected chi connectivity index (χ0v) is 19.5. The predicted octanol–water partition coefficient (Wildman–Crippen LogP) is 5.16. The van der Waals surface area contributed by atoms with Gasteiger partial charge < -0.3 is 9.64 Å². The molecule has 0 spiro atoms. The number of benzene rings is 3. The van der Waals surface area contributed by atoms with Crippen LogP contribution in [0.25, 0.3) is 0 Å². The van der Waals surface area contributed by atoms with Crippen LogP contribution in [-0.2, 0) is 21.0 Å². The molecule has 0 saturated carbocycles. The fourth-order valence-corrected chi connectivity index (χ4v) is 4.06. The number of likely N-dealkylation sites (N-methyl/N-ethyl adjacent to an activating group) is 1. The molecule has 34 heavy (non-hydrogen) atoms. The summed E-state index contributed by atoms with van der Waals surface area (Å²) in [7, 11) is -2.50. The number of rotatable bonds is 7. The molecule has 0 bridgehead atoms. The van der Waals surface area contributed by atoms with E-state index in [-0.39, 0.29) is 28.8 Å². The van der Waals surface area contributed by atoms with E-state index in [1.807, 2.05) is 32.0 Å². The summed E-state index contributed by atoms with van der Waals surface area (Å²) >= 11 is 0. The topological polar surface area (TPSA) is 75.7 Å². The number of nitrogens with one attached hydrogen (secondary N) is 1. The lowest BCUT2D eigenvalue weighted by Crippen LogP contribution is -2.31. The van der Waals surface area contributed by atoms with Crippen molar-refractivity contribution in [2.24, 2.45) is 0 Å². The highest BCUT2D eigenvalue weighted by molar-refractivity contribution is 7.92. The third kappa shape index (κ3) is 6.07. The van der Waals surface area contributed by atoms with E-state index in [1.54, 1.807) is 7.05 Å². The van der Waals surface area contributed by atoms with Gasteiger partial charge in [-0.15, -0.1) is 0 Å². The molecule has 0 saturated heterocycles. The van der Waals surface area contributed by atoms with Gasteiger partial charge in [0, 0.05) is 18.4 Å². The summed E-state index contributed by atoms with van der Waals surface area (Å²) in [6, 6.07) is 14.8. The standard InChI is InChI=1S/C24H23F3N2O4S/c1-16-7-8-20(13-17(16)2)29(3)23(30)15-33-21-9-11-22(12-10-21)34(31,32)28-19-6-4-5-18(14-19)24(25,26)27/h4-14,28H,15H2,1-3H3. The maximum atomic E-state index is 12.9. The van der Waals surface area contributed by atoms with Crippen molar-refractivity contribution < 1.29 is 31.1 Å². The van der Waals surface area contributed by atoms with E-state index in [4.69, 9.17) is 4.74 Å². The Balaban J connectivity index is 1.64. The summed E-state index contributed by atoms with van der Waals surface area (Å²) in [5.74, 6) is -0.0361. The summed E-state index contributed by atoms with van der Waals surface area (Å²) in [6.45, 7) is 3.66. The predicted molar refractivity (Wildman–Crippen MR) is 124 cm³/mol. The third-order valence-electron chi connectivity index (χ3n) is 5.19. The van der Waals surface area contributed by atoms with Crippen molar-refractivity contribution in [3.63, 3.8) is 0 Å². The van der Waals surface area contributed by atoms with Gasteiger partial charge in [-0.25, -0.2) is 8.42 Å². The summed E-state index contributed by atoms with van der Waals surface area (Å²) in [5.41, 5.74) is 1.70. The lowest BCUT2D eigenvalue weighted by molar-refractivity contribution is -0.137. The quantitative estimate of drug-likeness (QED) is 0.494. The van der Waals surface area contributed by atoms with Crippen LogP contribution in [0.2, 0.25) is 0 Å². The van der Waals surface area contributed by atoms with E-state index in [9.17, 15) is 26.4 Å². The van der Waals surface area contributed by atoms with E-state index in [0.29, 0.717) is 6.07 Å². The van der Waals surface area contributed by atoms with Crippen LogP contribution < -0.4 is 14.4 Å². The second-order valence-corrected chi connectivity index (χ2v) is 9.35. The molecule has 0 aliphatic carbocycles. The van der Waals surface area contributed by atoms with Crippen LogP contribution in [0.5, 0.6) is 5.75 Å². The molecule has 1 amide bonds. The Labute approximate surface area is 196 Å². The number of halogens is 3. The van der Waals surface area contributed by atoms with Crippen LogP contribution in [0.15, 0.2) is 71.6 Å². The normalized spacial score (nSPS) is 11.7. The van der Waals surface area contributed by atoms with Gasteiger partial charge >= 0.3 is 6.18 Å². The number of ether oxygens (including phenoxy) is 1. The zero-order chi connectivity index (χ0) is 25.1. The molecule has 0 fully saturated rings. The molecular weight excluding hydrogens is 469 g/mol. The SMILES string of the molecule is Cc1ccc(N(C)C(=O)COc2ccc(S(=O)(=O)Nc3cccc(C(F)(F)F)c3)cc2)cc1C. The van der Waals surface area contributed by atoms with E-state index >= 15 is 0 Å². The number of carbonyl (C=O) groups excluding carboxylic acids is 1. The molecule has 0 radical (unpaired) electrons. The van der Waals surface area contributed by atoms with Crippen molar-refractivity contribution >= 4 is 27.3 Å². The van der Waals surface area contributed by atoms with E-state index in [2.05, 4.69) is 4.72 Å². The van der Waals surface area contributed by atoms with Gasteiger partial charge in [0.05, 0.1) is 10.5 Å². The molecule has 0 atom stereocenters. The fraction of sp³-hybridized carbons (Fsp3) is 0.208. The van der Waals surface area contributed by atoms with Gasteiger partial charge in [-0.1, -0.05) is 12.1 Å². The lowest BCUT2D eigenvalue weighted by atomic mass is 10.1. The summed E-state index contributed by atoms with van der Waals surface area (Å²) < 4.78 is 71.3. The fourth-order valence-electron chi connectivity index (χ4n) is 3.01. The molecule has 3 aromatic rings. The number of carbonyl (C=O) groups is 1. The average molecular weight is 493 g/mol. The minimum absolute atomic E-state index is 0.171. The molecule has 0 heterocycles. The molecule has 1 N–H and O–H groups in total. The van der Waals surface area contributed by atoms with Crippen molar-refractivity contribution in [1.82, 2.24) is 0 Å². The van der Waals surface area contributed by atoms with Crippen LogP contribution in [0.1, 0.15) is 16.7 Å². The second-order valence-electron chi connectivity index (χ2n) is 7.67. The van der Waals surface area contributed by atoms with Gasteiger partial charge in [0.1, 0.15) is 5.75 Å². The van der Waals surface area contributed by atoms with Crippen molar-refractivity contribution in [2.75, 3.05) is 23.3 Å². The first kappa shape index (κ1) is 25.1. The Morgan fingerprint density at radius 2 is 1.65 bits per heavy atom. The van der Waals surface area contributed by atoms with Gasteiger partial charge in [-0.2, -0.15) is 13.2 Å². The summed E-state index contributed by atoms with van der Waals surface area (Å²) in [4.78, 5) is 13.7. The van der Waals surface area contributed by atoms with Crippen molar-refractivity contribution in [3.8, 4) is 5.75 Å². The van der Waals surface area contributed by atoms with Crippen LogP contribution in [0.4, 0.5) is 24.5 Å². The Bertz CT molecular complexity index is 1290. The van der Waals surface area contributed by atoms with E-state index < -0.39 is 21.8 Å². The van der Waals surface area contributed by atoms with E-state index in [1.165, 1.54) is 35.2 Å². The Hall–Kier alpha value is -3.53. The number of alkyl halides is 3. The van der Waals surface area contributed by atoms with Crippen LogP contribution in [-0.4, -0.2) is 28.0 Å². The largest absolute Gasteiger partial charge is 0.484 e. The van der Waals surface area contributed by atoms with E-state index in [0.717, 1.165) is 28.9 Å². The van der Waals surface area contributed by atoms with Crippen LogP contribution in [0.3, 0.4) is 0 Å². The number of hydrogen-bond acceptors (Lipinski definition) is 4. The zero-order valence-electron chi connectivity index (χ0n) is 18.7. The Morgan fingerprint density at radius 1 is 0.971 bits per heavy atom. The summed E-state index contributed by atoms with van der Waals surface area (Å²) in [6.07, 6.45) is -4.59. The molecule has 0 aromatic heterocycles. The van der Waals surface area contributed by atoms with Gasteiger partial charge in [0.15, 0.2) is 6.61 Å². The maximum Gasteiger partial charge on any atom is 0.416 e. The molecule has 10 heteroatoms. The van der Waals surface area contributed by atoms with Crippen molar-refractivity contribution in [3.05, 3.63) is 83.4 Å². The highest BCUT2D eigenvalue weighted by Gasteiger charge is 2.30. The second kappa shape index (κ2) is 9.76. The van der Waals surface area contributed by atoms with Gasteiger partial charge in [-0.05, 0) is 79.6 Å². The highest BCUT2D eigenvalue weighted by atomic mass is 32.2. The van der Waals surface area contributed by atoms with Crippen LogP contribution >= 0.6 is 0 Å². The molecule has 0 aliphatic rings. The number of sulfonamides is 1. The smallest absolute Gasteiger partial charge is 0.416 e. The first-order chi connectivity index (χ1) is 15.9. The first-order valence-corrected chi connectivity index (χ1v) is 11.6. The first-order valence-electron chi connectivity index (χ1n) is 10.1. The molecule has 0 aliphatic heterocycles. The average Bonchev–Trinajstić information content (AvgIpc) is 2.78. The monoisotopic (exact) mass is 492 g/mol. The lowest BCUT2D eigenvalue weighted by Gasteiger charge is -2.19. The molecular formula is C24H23F3N2O4S. The maximum absolute atomic E-state index is 12.9. The highest BCUT2D eigenvalue weighted by Crippen LogP contribution is 2.31. The Morgan fingerprint density at radius 3 is 2.26 bits per heavy atom. The van der Waals surface area contributed by atoms with Crippen molar-refractivity contribution in [2.45, 2.75) is 24.9 Å².